The van der Waals surface area contributed by atoms with Crippen LogP contribution in [0, 0.1) is 0 Å². The Labute approximate surface area is 610 Å². The lowest BCUT2D eigenvalue weighted by molar-refractivity contribution is 0.00578. The van der Waals surface area contributed by atoms with Gasteiger partial charge in [-0.15, -0.1) is 0 Å². The van der Waals surface area contributed by atoms with E-state index in [-0.39, 0.29) is 0 Å². The number of pyridine rings is 2. The number of nitrogens with zero attached hydrogens (tertiary/aromatic N) is 2. The van der Waals surface area contributed by atoms with Gasteiger partial charge in [0.05, 0.1) is 11.2 Å². The summed E-state index contributed by atoms with van der Waals surface area (Å²) >= 11 is 10.7. The molecule has 0 saturated carbocycles. The van der Waals surface area contributed by atoms with E-state index in [9.17, 15) is 0 Å². The Kier molecular flexibility index (Phi) is 18.7. The predicted molar refractivity (Wildman–Crippen MR) is 432 cm³/mol. The Morgan fingerprint density at radius 3 is 1.02 bits per heavy atom. The van der Waals surface area contributed by atoms with Gasteiger partial charge in [0.2, 0.25) is 0 Å². The van der Waals surface area contributed by atoms with Crippen molar-refractivity contribution in [2.75, 3.05) is 0 Å². The van der Waals surface area contributed by atoms with Gasteiger partial charge in [-0.1, -0.05) is 315 Å². The molecule has 100 heavy (non-hydrogen) atoms. The molecule has 1 fully saturated rings. The van der Waals surface area contributed by atoms with Gasteiger partial charge in [-0.05, 0) is 134 Å². The summed E-state index contributed by atoms with van der Waals surface area (Å²) < 4.78 is 30.2. The van der Waals surface area contributed by atoms with E-state index in [1.807, 2.05) is 36.7 Å². The van der Waals surface area contributed by atoms with E-state index in [1.165, 1.54) is 41.5 Å². The molecule has 4 aromatic heterocycles. The molecule has 16 aromatic rings. The minimum absolute atomic E-state index is 0.437. The van der Waals surface area contributed by atoms with Gasteiger partial charge in [0.1, 0.15) is 22.3 Å². The molecule has 0 aliphatic carbocycles. The van der Waals surface area contributed by atoms with Crippen LogP contribution in [0.25, 0.3) is 77.3 Å². The number of hydrogen-bond acceptors (Lipinski definition) is 6. The predicted octanol–water partition coefficient (Wildman–Crippen LogP) is 18.0. The molecular formula is C88H68BBr3N2O4Si2. The number of halogens is 3. The monoisotopic (exact) mass is 1520 g/mol. The summed E-state index contributed by atoms with van der Waals surface area (Å²) in [5, 5.41) is 14.8. The van der Waals surface area contributed by atoms with Gasteiger partial charge >= 0.3 is 7.12 Å². The van der Waals surface area contributed by atoms with Crippen molar-refractivity contribution in [1.82, 2.24) is 9.97 Å². The summed E-state index contributed by atoms with van der Waals surface area (Å²) in [6, 6.07) is 113. The lowest BCUT2D eigenvalue weighted by Crippen LogP contribution is -2.74. The van der Waals surface area contributed by atoms with Crippen LogP contribution < -0.4 is 47.0 Å². The molecule has 12 aromatic carbocycles. The molecule has 1 aliphatic heterocycles. The fourth-order valence-electron chi connectivity index (χ4n) is 14.4. The molecule has 0 atom stereocenters. The maximum absolute atomic E-state index is 7.13. The third kappa shape index (κ3) is 12.4. The van der Waals surface area contributed by atoms with Crippen LogP contribution in [-0.2, 0) is 9.31 Å². The Balaban J connectivity index is 0.000000137. The van der Waals surface area contributed by atoms with Gasteiger partial charge in [0.25, 0.3) is 0 Å². The second kappa shape index (κ2) is 28.2. The molecule has 486 valence electrons. The van der Waals surface area contributed by atoms with Crippen molar-refractivity contribution < 1.29 is 18.1 Å². The minimum Gasteiger partial charge on any atom is -0.457 e. The maximum atomic E-state index is 7.13. The summed E-state index contributed by atoms with van der Waals surface area (Å²) in [5.74, 6) is 0. The number of fused-ring (bicyclic) bond motifs is 6. The highest BCUT2D eigenvalue weighted by Gasteiger charge is 2.53. The number of hydrogen-bond donors (Lipinski definition) is 0. The molecule has 0 N–H and O–H groups in total. The minimum atomic E-state index is -2.79. The largest absolute Gasteiger partial charge is 0.498 e. The smallest absolute Gasteiger partial charge is 0.457 e. The van der Waals surface area contributed by atoms with Crippen LogP contribution in [-0.4, -0.2) is 44.4 Å². The summed E-state index contributed by atoms with van der Waals surface area (Å²) in [5.41, 5.74) is 10.2. The summed E-state index contributed by atoms with van der Waals surface area (Å²) in [7, 11) is -6.08. The Bertz CT molecular complexity index is 5310. The van der Waals surface area contributed by atoms with E-state index in [2.05, 4.69) is 377 Å². The Morgan fingerprint density at radius 2 is 0.630 bits per heavy atom. The molecule has 17 rings (SSSR count). The number of benzene rings is 12. The third-order valence-corrected chi connectivity index (χ3v) is 30.7. The van der Waals surface area contributed by atoms with Gasteiger partial charge in [-0.2, -0.15) is 0 Å². The number of furan rings is 2. The zero-order valence-electron chi connectivity index (χ0n) is 55.6. The quantitative estimate of drug-likeness (QED) is 0.0897. The fraction of sp³-hybridized carbons (Fsp3) is 0.0682. The molecule has 0 spiro atoms. The first kappa shape index (κ1) is 66.3. The highest BCUT2D eigenvalue weighted by molar-refractivity contribution is 9.11. The normalized spacial score (nSPS) is 13.4. The Hall–Kier alpha value is -9.60. The van der Waals surface area contributed by atoms with Crippen LogP contribution in [0.15, 0.2) is 362 Å². The summed E-state index contributed by atoms with van der Waals surface area (Å²) in [6.45, 7) is 8.35. The molecule has 1 saturated heterocycles. The van der Waals surface area contributed by atoms with Gasteiger partial charge in [-0.25, -0.2) is 0 Å². The zero-order valence-corrected chi connectivity index (χ0v) is 62.3. The average Bonchev–Trinajstić information content (AvgIpc) is 1.38. The number of rotatable bonds is 12. The van der Waals surface area contributed by atoms with E-state index >= 15 is 0 Å². The van der Waals surface area contributed by atoms with Gasteiger partial charge in [0.15, 0.2) is 16.1 Å². The molecule has 6 nitrogen and oxygen atoms in total. The van der Waals surface area contributed by atoms with Crippen molar-refractivity contribution in [2.24, 2.45) is 0 Å². The lowest BCUT2D eigenvalue weighted by Gasteiger charge is -2.34. The molecule has 0 bridgehead atoms. The van der Waals surface area contributed by atoms with Crippen molar-refractivity contribution in [1.29, 1.82) is 0 Å². The van der Waals surface area contributed by atoms with Crippen molar-refractivity contribution in [3.05, 3.63) is 354 Å². The van der Waals surface area contributed by atoms with Gasteiger partial charge in [0, 0.05) is 81.9 Å². The van der Waals surface area contributed by atoms with E-state index in [1.54, 1.807) is 12.4 Å². The second-order valence-corrected chi connectivity index (χ2v) is 36.4. The molecule has 1 aliphatic rings. The topological polar surface area (TPSA) is 70.5 Å². The van der Waals surface area contributed by atoms with Crippen molar-refractivity contribution in [3.8, 4) is 33.4 Å². The van der Waals surface area contributed by atoms with Crippen LogP contribution in [0.2, 0.25) is 0 Å². The molecule has 5 heterocycles. The molecule has 0 radical (unpaired) electrons. The van der Waals surface area contributed by atoms with E-state index in [0.717, 1.165) is 96.1 Å². The van der Waals surface area contributed by atoms with Crippen molar-refractivity contribution in [3.63, 3.8) is 0 Å². The number of aromatic nitrogens is 2. The molecule has 0 unspecified atom stereocenters. The van der Waals surface area contributed by atoms with Crippen molar-refractivity contribution >= 4 is 162 Å². The molecule has 12 heteroatoms. The van der Waals surface area contributed by atoms with E-state index < -0.39 is 34.5 Å². The average molecular weight is 1520 g/mol. The molecule has 0 amide bonds. The van der Waals surface area contributed by atoms with Crippen LogP contribution in [0.5, 0.6) is 0 Å². The van der Waals surface area contributed by atoms with Gasteiger partial charge in [-0.3, -0.25) is 9.97 Å². The first-order valence-corrected chi connectivity index (χ1v) is 39.9. The molecular weight excluding hydrogens is 1460 g/mol. The van der Waals surface area contributed by atoms with Crippen LogP contribution >= 0.6 is 47.8 Å². The standard InChI is InChI=1S/C41H28BrNOSi.C36H33BO3Si.C11H7Br2N/c42-32-26-30(29-13-12-24-43-28-29)25-31(27-32)36-20-10-21-37-38-22-11-23-39(41(38)44-40(36)37)45(33-14-4-1-5-15-33,34-16-6-2-7-17-34)35-18-8-3-9-19-35;1-35(2)36(3,4)40-37(39-35)31-24-14-22-29-30-23-15-25-32(34(30)38-33(29)31)41(26-16-8-5-9-17-26,27-18-10-6-11-19-27)28-20-12-7-13-21-28;12-10-4-9(5-11(13)6-10)8-2-1-3-14-7-8/h1-28H;5-25H,1-4H3;1-7H. The second-order valence-electron chi connectivity index (χ2n) is 26.1. The Morgan fingerprint density at radius 1 is 0.300 bits per heavy atom. The highest BCUT2D eigenvalue weighted by atomic mass is 79.9. The van der Waals surface area contributed by atoms with Crippen LogP contribution in [0.3, 0.4) is 0 Å². The summed E-state index contributed by atoms with van der Waals surface area (Å²) in [4.78, 5) is 8.44. The highest BCUT2D eigenvalue weighted by Crippen LogP contribution is 2.41. The van der Waals surface area contributed by atoms with Crippen molar-refractivity contribution in [2.45, 2.75) is 38.9 Å². The summed E-state index contributed by atoms with van der Waals surface area (Å²) in [6.07, 6.45) is 7.34. The van der Waals surface area contributed by atoms with E-state index in [0.29, 0.717) is 0 Å². The van der Waals surface area contributed by atoms with Crippen LogP contribution in [0.4, 0.5) is 0 Å². The maximum Gasteiger partial charge on any atom is 0.498 e. The number of para-hydroxylation sites is 4. The van der Waals surface area contributed by atoms with Crippen LogP contribution in [0.1, 0.15) is 27.7 Å². The fourth-order valence-corrected chi connectivity index (χ4v) is 25.9. The SMILES string of the molecule is Brc1cc(-c2cccnc2)cc(-c2cccc3c2oc2c([Si](c4ccccc4)(c4ccccc4)c4ccccc4)cccc23)c1.Brc1cc(Br)cc(-c2cccnc2)c1.CC1(C)OB(c2cccc3c2oc2c([Si](c4ccccc4)(c4ccccc4)c4ccccc4)cccc23)OC1(C)C. The lowest BCUT2D eigenvalue weighted by atomic mass is 9.78. The van der Waals surface area contributed by atoms with E-state index in [4.69, 9.17) is 18.1 Å². The first-order chi connectivity index (χ1) is 48.8. The first-order valence-electron chi connectivity index (χ1n) is 33.5. The zero-order chi connectivity index (χ0) is 68.4. The van der Waals surface area contributed by atoms with Gasteiger partial charge < -0.3 is 18.1 Å². The third-order valence-electron chi connectivity index (χ3n) is 19.7.